The van der Waals surface area contributed by atoms with Gasteiger partial charge < -0.3 is 14.0 Å². The lowest BCUT2D eigenvalue weighted by Gasteiger charge is -2.21. The summed E-state index contributed by atoms with van der Waals surface area (Å²) in [5, 5.41) is 7.57. The normalized spacial score (nSPS) is 10.6. The summed E-state index contributed by atoms with van der Waals surface area (Å²) in [6.07, 6.45) is 1.08. The van der Waals surface area contributed by atoms with Crippen molar-refractivity contribution in [1.29, 1.82) is 0 Å². The molecule has 0 aromatic carbocycles. The molecule has 0 spiro atoms. The minimum absolute atomic E-state index is 0.250. The van der Waals surface area contributed by atoms with Crippen molar-refractivity contribution in [2.75, 3.05) is 26.6 Å². The largest absolute Gasteiger partial charge is 0.398 e. The van der Waals surface area contributed by atoms with Crippen molar-refractivity contribution in [3.8, 4) is 0 Å². The van der Waals surface area contributed by atoms with Gasteiger partial charge in [0.25, 0.3) is 0 Å². The van der Waals surface area contributed by atoms with Crippen LogP contribution in [-0.4, -0.2) is 40.2 Å². The van der Waals surface area contributed by atoms with Gasteiger partial charge in [-0.1, -0.05) is 0 Å². The SMILES string of the molecule is CCO.CO[Si](C)(CCCS)OC. The first-order valence-corrected chi connectivity index (χ1v) is 7.57. The molecular weight excluding hydrogens is 204 g/mol. The van der Waals surface area contributed by atoms with Crippen LogP contribution in [0.25, 0.3) is 0 Å². The fourth-order valence-electron chi connectivity index (χ4n) is 0.688. The van der Waals surface area contributed by atoms with Gasteiger partial charge in [0.15, 0.2) is 0 Å². The van der Waals surface area contributed by atoms with Crippen molar-refractivity contribution >= 4 is 21.2 Å². The zero-order valence-corrected chi connectivity index (χ0v) is 10.9. The van der Waals surface area contributed by atoms with Crippen LogP contribution in [0, 0.1) is 0 Å². The fourth-order valence-corrected chi connectivity index (χ4v) is 2.54. The van der Waals surface area contributed by atoms with Gasteiger partial charge in [-0.15, -0.1) is 0 Å². The van der Waals surface area contributed by atoms with Crippen molar-refractivity contribution in [1.82, 2.24) is 0 Å². The summed E-state index contributed by atoms with van der Waals surface area (Å²) < 4.78 is 10.5. The van der Waals surface area contributed by atoms with Crippen LogP contribution in [0.15, 0.2) is 0 Å². The van der Waals surface area contributed by atoms with Gasteiger partial charge in [-0.25, -0.2) is 0 Å². The summed E-state index contributed by atoms with van der Waals surface area (Å²) in [4.78, 5) is 0. The first-order chi connectivity index (χ1) is 6.10. The van der Waals surface area contributed by atoms with Crippen LogP contribution in [0.5, 0.6) is 0 Å². The van der Waals surface area contributed by atoms with E-state index in [4.69, 9.17) is 14.0 Å². The van der Waals surface area contributed by atoms with E-state index in [0.29, 0.717) is 0 Å². The molecule has 0 saturated heterocycles. The zero-order chi connectivity index (χ0) is 10.7. The van der Waals surface area contributed by atoms with E-state index < -0.39 is 8.56 Å². The summed E-state index contributed by atoms with van der Waals surface area (Å²) in [6.45, 7) is 4.00. The van der Waals surface area contributed by atoms with Gasteiger partial charge in [-0.05, 0) is 31.7 Å². The van der Waals surface area contributed by atoms with E-state index in [-0.39, 0.29) is 6.61 Å². The molecule has 0 rings (SSSR count). The van der Waals surface area contributed by atoms with E-state index in [1.807, 2.05) is 0 Å². The fraction of sp³-hybridized carbons (Fsp3) is 1.00. The Labute approximate surface area is 88.1 Å². The third-order valence-corrected chi connectivity index (χ3v) is 4.96. The molecule has 0 fully saturated rings. The number of aliphatic hydroxyl groups is 1. The van der Waals surface area contributed by atoms with E-state index in [9.17, 15) is 0 Å². The van der Waals surface area contributed by atoms with Gasteiger partial charge in [0.05, 0.1) is 0 Å². The summed E-state index contributed by atoms with van der Waals surface area (Å²) >= 11 is 4.12. The average Bonchev–Trinajstić information content (AvgIpc) is 2.15. The molecule has 0 saturated carbocycles. The number of thiol groups is 1. The molecule has 0 unspecified atom stereocenters. The van der Waals surface area contributed by atoms with E-state index >= 15 is 0 Å². The van der Waals surface area contributed by atoms with Crippen LogP contribution in [-0.2, 0) is 8.85 Å². The molecule has 0 atom stereocenters. The minimum Gasteiger partial charge on any atom is -0.398 e. The van der Waals surface area contributed by atoms with E-state index in [0.717, 1.165) is 18.2 Å². The minimum atomic E-state index is -1.77. The molecule has 1 N–H and O–H groups in total. The smallest absolute Gasteiger partial charge is 0.334 e. The molecule has 0 aliphatic carbocycles. The standard InChI is InChI=1S/C6H16O2SSi.C2H6O/c1-7-10(3,8-2)6-4-5-9;1-2-3/h9H,4-6H2,1-3H3;3H,2H2,1H3. The Morgan fingerprint density at radius 2 is 1.69 bits per heavy atom. The number of hydrogen-bond donors (Lipinski definition) is 2. The van der Waals surface area contributed by atoms with Crippen LogP contribution in [0.3, 0.4) is 0 Å². The van der Waals surface area contributed by atoms with Crippen molar-refractivity contribution < 1.29 is 14.0 Å². The molecule has 0 aromatic rings. The highest BCUT2D eigenvalue weighted by Crippen LogP contribution is 2.13. The molecule has 82 valence electrons. The van der Waals surface area contributed by atoms with Gasteiger partial charge in [0.1, 0.15) is 0 Å². The molecule has 0 amide bonds. The molecule has 0 heterocycles. The number of rotatable bonds is 5. The Balaban J connectivity index is 0. The highest BCUT2D eigenvalue weighted by molar-refractivity contribution is 7.80. The summed E-state index contributed by atoms with van der Waals surface area (Å²) in [7, 11) is 1.67. The van der Waals surface area contributed by atoms with Gasteiger partial charge >= 0.3 is 8.56 Å². The van der Waals surface area contributed by atoms with Gasteiger partial charge in [0, 0.05) is 20.8 Å². The van der Waals surface area contributed by atoms with E-state index in [2.05, 4.69) is 19.2 Å². The molecule has 0 aliphatic heterocycles. The van der Waals surface area contributed by atoms with Crippen molar-refractivity contribution in [3.05, 3.63) is 0 Å². The monoisotopic (exact) mass is 226 g/mol. The molecule has 0 aliphatic rings. The highest BCUT2D eigenvalue weighted by atomic mass is 32.1. The number of hydrogen-bond acceptors (Lipinski definition) is 4. The van der Waals surface area contributed by atoms with Crippen molar-refractivity contribution in [3.63, 3.8) is 0 Å². The Bertz CT molecular complexity index is 99.4. The van der Waals surface area contributed by atoms with Gasteiger partial charge in [0.2, 0.25) is 0 Å². The summed E-state index contributed by atoms with van der Waals surface area (Å²) in [5.41, 5.74) is 0. The van der Waals surface area contributed by atoms with Crippen LogP contribution in [0.4, 0.5) is 0 Å². The molecule has 3 nitrogen and oxygen atoms in total. The second kappa shape index (κ2) is 10.5. The molecule has 13 heavy (non-hydrogen) atoms. The topological polar surface area (TPSA) is 38.7 Å². The summed E-state index contributed by atoms with van der Waals surface area (Å²) in [5.74, 6) is 0.912. The predicted molar refractivity (Wildman–Crippen MR) is 61.7 cm³/mol. The molecule has 0 bridgehead atoms. The maximum absolute atomic E-state index is 7.57. The third-order valence-electron chi connectivity index (χ3n) is 1.65. The maximum Gasteiger partial charge on any atom is 0.334 e. The highest BCUT2D eigenvalue weighted by Gasteiger charge is 2.27. The average molecular weight is 226 g/mol. The Morgan fingerprint density at radius 1 is 1.31 bits per heavy atom. The van der Waals surface area contributed by atoms with Crippen LogP contribution < -0.4 is 0 Å². The Morgan fingerprint density at radius 3 is 1.92 bits per heavy atom. The van der Waals surface area contributed by atoms with E-state index in [1.54, 1.807) is 21.1 Å². The van der Waals surface area contributed by atoms with Crippen LogP contribution >= 0.6 is 12.6 Å². The lowest BCUT2D eigenvalue weighted by Crippen LogP contribution is -2.35. The molecular formula is C8H22O3SSi. The lowest BCUT2D eigenvalue weighted by atomic mass is 10.6. The van der Waals surface area contributed by atoms with Crippen molar-refractivity contribution in [2.24, 2.45) is 0 Å². The molecule has 0 aromatic heterocycles. The van der Waals surface area contributed by atoms with E-state index in [1.165, 1.54) is 0 Å². The number of aliphatic hydroxyl groups excluding tert-OH is 1. The van der Waals surface area contributed by atoms with Crippen LogP contribution in [0.1, 0.15) is 13.3 Å². The first-order valence-electron chi connectivity index (χ1n) is 4.42. The quantitative estimate of drug-likeness (QED) is 0.553. The zero-order valence-electron chi connectivity index (χ0n) is 9.04. The first kappa shape index (κ1) is 15.9. The second-order valence-electron chi connectivity index (χ2n) is 2.69. The molecule has 5 heteroatoms. The maximum atomic E-state index is 7.57. The second-order valence-corrected chi connectivity index (χ2v) is 6.72. The third kappa shape index (κ3) is 10.4. The predicted octanol–water partition coefficient (Wildman–Crippen LogP) is 1.67. The lowest BCUT2D eigenvalue weighted by molar-refractivity contribution is 0.249. The van der Waals surface area contributed by atoms with Crippen molar-refractivity contribution in [2.45, 2.75) is 25.9 Å². The molecule has 0 radical (unpaired) electrons. The van der Waals surface area contributed by atoms with Gasteiger partial charge in [-0.2, -0.15) is 12.6 Å². The van der Waals surface area contributed by atoms with Crippen LogP contribution in [0.2, 0.25) is 12.6 Å². The van der Waals surface area contributed by atoms with Gasteiger partial charge in [-0.3, -0.25) is 0 Å². The Hall–Kier alpha value is 0.447. The Kier molecular flexibility index (Phi) is 12.9. The summed E-state index contributed by atoms with van der Waals surface area (Å²) in [6, 6.07) is 1.03.